The number of nitrogens with zero attached hydrogens (tertiary/aromatic N) is 3. The Kier molecular flexibility index (Phi) is 4.10. The maximum atomic E-state index is 12.8. The zero-order valence-electron chi connectivity index (χ0n) is 14.5. The first-order valence-corrected chi connectivity index (χ1v) is 8.78. The quantitative estimate of drug-likeness (QED) is 0.840. The van der Waals surface area contributed by atoms with E-state index in [-0.39, 0.29) is 41.6 Å². The average Bonchev–Trinajstić information content (AvgIpc) is 3.34. The Hall–Kier alpha value is -2.90. The molecule has 2 aliphatic rings. The molecule has 4 rings (SSSR count). The molecule has 0 bridgehead atoms. The van der Waals surface area contributed by atoms with Gasteiger partial charge in [-0.1, -0.05) is 12.8 Å². The van der Waals surface area contributed by atoms with Crippen LogP contribution in [0.4, 0.5) is 5.69 Å². The fourth-order valence-corrected chi connectivity index (χ4v) is 3.92. The first-order valence-electron chi connectivity index (χ1n) is 8.78. The van der Waals surface area contributed by atoms with Gasteiger partial charge in [0.2, 0.25) is 11.8 Å². The molecule has 2 aromatic heterocycles. The van der Waals surface area contributed by atoms with Gasteiger partial charge in [-0.2, -0.15) is 5.10 Å². The van der Waals surface area contributed by atoms with Crippen molar-refractivity contribution in [3.63, 3.8) is 0 Å². The van der Waals surface area contributed by atoms with Crippen LogP contribution in [-0.4, -0.2) is 27.5 Å². The first-order chi connectivity index (χ1) is 12.6. The van der Waals surface area contributed by atoms with Gasteiger partial charge in [-0.3, -0.25) is 19.1 Å². The molecule has 2 aromatic rings. The number of carbonyl (C=O) groups excluding carboxylic acids is 3. The smallest absolute Gasteiger partial charge is 0.272 e. The summed E-state index contributed by atoms with van der Waals surface area (Å²) in [6.45, 7) is 0.212. The van der Waals surface area contributed by atoms with E-state index in [1.54, 1.807) is 19.2 Å². The van der Waals surface area contributed by atoms with Crippen molar-refractivity contribution in [2.24, 2.45) is 18.9 Å². The van der Waals surface area contributed by atoms with Crippen LogP contribution in [0, 0.1) is 11.8 Å². The molecule has 8 nitrogen and oxygen atoms in total. The second-order valence-electron chi connectivity index (χ2n) is 6.77. The van der Waals surface area contributed by atoms with Crippen LogP contribution in [0.1, 0.15) is 41.9 Å². The van der Waals surface area contributed by atoms with Crippen LogP contribution >= 0.6 is 0 Å². The van der Waals surface area contributed by atoms with E-state index >= 15 is 0 Å². The van der Waals surface area contributed by atoms with Crippen LogP contribution in [0.5, 0.6) is 0 Å². The predicted octanol–water partition coefficient (Wildman–Crippen LogP) is 1.62. The van der Waals surface area contributed by atoms with Crippen molar-refractivity contribution in [1.29, 1.82) is 0 Å². The van der Waals surface area contributed by atoms with Gasteiger partial charge < -0.3 is 9.73 Å². The number of amides is 3. The van der Waals surface area contributed by atoms with Crippen molar-refractivity contribution in [3.8, 4) is 0 Å². The van der Waals surface area contributed by atoms with Gasteiger partial charge in [-0.25, -0.2) is 4.90 Å². The molecule has 1 aliphatic carbocycles. The van der Waals surface area contributed by atoms with E-state index in [9.17, 15) is 14.4 Å². The number of aromatic nitrogens is 2. The lowest BCUT2D eigenvalue weighted by molar-refractivity contribution is -0.122. The molecule has 2 fully saturated rings. The van der Waals surface area contributed by atoms with Crippen molar-refractivity contribution < 1.29 is 18.8 Å². The van der Waals surface area contributed by atoms with E-state index in [1.165, 1.54) is 17.1 Å². The number of rotatable bonds is 4. The molecule has 1 saturated carbocycles. The molecule has 8 heteroatoms. The number of furan rings is 1. The van der Waals surface area contributed by atoms with Crippen LogP contribution in [0.25, 0.3) is 0 Å². The second-order valence-corrected chi connectivity index (χ2v) is 6.77. The number of fused-ring (bicyclic) bond motifs is 1. The Balaban J connectivity index is 1.60. The third kappa shape index (κ3) is 2.61. The Morgan fingerprint density at radius 1 is 1.27 bits per heavy atom. The van der Waals surface area contributed by atoms with Crippen LogP contribution in [0.3, 0.4) is 0 Å². The number of carbonyl (C=O) groups is 3. The van der Waals surface area contributed by atoms with E-state index < -0.39 is 5.91 Å². The molecule has 0 aromatic carbocycles. The van der Waals surface area contributed by atoms with Crippen LogP contribution in [-0.2, 0) is 23.2 Å². The van der Waals surface area contributed by atoms with E-state index in [0.29, 0.717) is 5.76 Å². The van der Waals surface area contributed by atoms with Crippen molar-refractivity contribution >= 4 is 23.4 Å². The lowest BCUT2D eigenvalue weighted by Crippen LogP contribution is -2.34. The number of anilines is 1. The summed E-state index contributed by atoms with van der Waals surface area (Å²) in [5.41, 5.74) is 0.450. The van der Waals surface area contributed by atoms with E-state index in [0.717, 1.165) is 30.6 Å². The topological polar surface area (TPSA) is 97.4 Å². The minimum atomic E-state index is -0.410. The second kappa shape index (κ2) is 6.44. The van der Waals surface area contributed by atoms with E-state index in [1.807, 2.05) is 0 Å². The highest BCUT2D eigenvalue weighted by Crippen LogP contribution is 2.40. The van der Waals surface area contributed by atoms with Crippen molar-refractivity contribution in [2.45, 2.75) is 32.2 Å². The Bertz CT molecular complexity index is 831. The van der Waals surface area contributed by atoms with E-state index in [2.05, 4.69) is 10.4 Å². The van der Waals surface area contributed by atoms with Crippen molar-refractivity contribution in [1.82, 2.24) is 15.1 Å². The highest BCUT2D eigenvalue weighted by Gasteiger charge is 2.50. The van der Waals surface area contributed by atoms with Gasteiger partial charge in [0.15, 0.2) is 0 Å². The Morgan fingerprint density at radius 3 is 2.58 bits per heavy atom. The molecule has 2 atom stereocenters. The Labute approximate surface area is 150 Å². The minimum Gasteiger partial charge on any atom is -0.467 e. The standard InChI is InChI=1S/C18H20N4O4/c1-21-15(16(23)19-9-11-5-4-8-26-11)14(10-20-21)22-17(24)12-6-2-3-7-13(12)18(22)25/h4-5,8,10,12-13H,2-3,6-7,9H2,1H3,(H,19,23). The summed E-state index contributed by atoms with van der Waals surface area (Å²) in [5, 5.41) is 6.84. The van der Waals surface area contributed by atoms with Gasteiger partial charge in [0.1, 0.15) is 17.1 Å². The Morgan fingerprint density at radius 2 is 1.96 bits per heavy atom. The molecule has 1 N–H and O–H groups in total. The first kappa shape index (κ1) is 16.6. The molecule has 3 amide bonds. The third-order valence-corrected chi connectivity index (χ3v) is 5.22. The third-order valence-electron chi connectivity index (χ3n) is 5.22. The summed E-state index contributed by atoms with van der Waals surface area (Å²) in [7, 11) is 1.61. The molecule has 26 heavy (non-hydrogen) atoms. The van der Waals surface area contributed by atoms with Gasteiger partial charge >= 0.3 is 0 Å². The van der Waals surface area contributed by atoms with E-state index in [4.69, 9.17) is 4.42 Å². The van der Waals surface area contributed by atoms with Crippen LogP contribution in [0.2, 0.25) is 0 Å². The molecular formula is C18H20N4O4. The van der Waals surface area contributed by atoms with Crippen LogP contribution in [0.15, 0.2) is 29.0 Å². The molecule has 0 radical (unpaired) electrons. The molecular weight excluding hydrogens is 336 g/mol. The summed E-state index contributed by atoms with van der Waals surface area (Å²) in [4.78, 5) is 39.4. The van der Waals surface area contributed by atoms with Gasteiger partial charge in [-0.15, -0.1) is 0 Å². The number of nitrogens with one attached hydrogen (secondary N) is 1. The minimum absolute atomic E-state index is 0.192. The monoisotopic (exact) mass is 356 g/mol. The van der Waals surface area contributed by atoms with Crippen LogP contribution < -0.4 is 10.2 Å². The summed E-state index contributed by atoms with van der Waals surface area (Å²) in [6.07, 6.45) is 6.31. The number of aryl methyl sites for hydroxylation is 1. The largest absolute Gasteiger partial charge is 0.467 e. The fourth-order valence-electron chi connectivity index (χ4n) is 3.92. The van der Waals surface area contributed by atoms with Gasteiger partial charge in [0.25, 0.3) is 5.91 Å². The maximum Gasteiger partial charge on any atom is 0.272 e. The van der Waals surface area contributed by atoms with Crippen molar-refractivity contribution in [3.05, 3.63) is 36.0 Å². The zero-order chi connectivity index (χ0) is 18.3. The molecule has 2 unspecified atom stereocenters. The maximum absolute atomic E-state index is 12.8. The lowest BCUT2D eigenvalue weighted by atomic mass is 9.81. The fraction of sp³-hybridized carbons (Fsp3) is 0.444. The van der Waals surface area contributed by atoms with Gasteiger partial charge in [0.05, 0.1) is 30.8 Å². The van der Waals surface area contributed by atoms with Crippen molar-refractivity contribution in [2.75, 3.05) is 4.90 Å². The molecule has 1 aliphatic heterocycles. The molecule has 1 saturated heterocycles. The summed E-state index contributed by atoms with van der Waals surface area (Å²) >= 11 is 0. The number of imide groups is 1. The summed E-state index contributed by atoms with van der Waals surface area (Å²) in [5.74, 6) is -0.764. The molecule has 136 valence electrons. The summed E-state index contributed by atoms with van der Waals surface area (Å²) < 4.78 is 6.59. The normalized spacial score (nSPS) is 22.6. The zero-order valence-corrected chi connectivity index (χ0v) is 14.5. The summed E-state index contributed by atoms with van der Waals surface area (Å²) in [6, 6.07) is 3.49. The van der Waals surface area contributed by atoms with Gasteiger partial charge in [0, 0.05) is 7.05 Å². The highest BCUT2D eigenvalue weighted by molar-refractivity contribution is 6.23. The predicted molar refractivity (Wildman–Crippen MR) is 91.0 cm³/mol. The highest BCUT2D eigenvalue weighted by atomic mass is 16.3. The molecule has 0 spiro atoms. The SMILES string of the molecule is Cn1ncc(N2C(=O)C3CCCCC3C2=O)c1C(=O)NCc1ccco1. The number of hydrogen-bond acceptors (Lipinski definition) is 5. The number of hydrogen-bond donors (Lipinski definition) is 1. The average molecular weight is 356 g/mol. The van der Waals surface area contributed by atoms with Gasteiger partial charge in [-0.05, 0) is 25.0 Å². The molecule has 3 heterocycles. The lowest BCUT2D eigenvalue weighted by Gasteiger charge is -2.19.